The first-order valence-corrected chi connectivity index (χ1v) is 9.79. The van der Waals surface area contributed by atoms with E-state index in [-0.39, 0.29) is 12.0 Å². The molecule has 4 aliphatic rings. The highest BCUT2D eigenvalue weighted by Crippen LogP contribution is 2.69. The molecule has 0 unspecified atom stereocenters. The van der Waals surface area contributed by atoms with Crippen molar-refractivity contribution in [3.63, 3.8) is 0 Å². The van der Waals surface area contributed by atoms with Gasteiger partial charge in [-0.15, -0.1) is 0 Å². The number of aliphatic hydroxyl groups excluding tert-OH is 1. The van der Waals surface area contributed by atoms with E-state index in [0.717, 1.165) is 18.2 Å². The van der Waals surface area contributed by atoms with E-state index < -0.39 is 76.1 Å². The quantitative estimate of drug-likeness (QED) is 0.734. The predicted octanol–water partition coefficient (Wildman–Crippen LogP) is 2.18. The molecule has 0 spiro atoms. The first-order valence-electron chi connectivity index (χ1n) is 9.79. The molecular formula is C22H24F2O5. The van der Waals surface area contributed by atoms with Crippen molar-refractivity contribution < 1.29 is 33.4 Å². The lowest BCUT2D eigenvalue weighted by atomic mass is 9.46. The Morgan fingerprint density at radius 1 is 1.31 bits per heavy atom. The lowest BCUT2D eigenvalue weighted by Crippen LogP contribution is -2.67. The van der Waals surface area contributed by atoms with Crippen molar-refractivity contribution >= 4 is 17.3 Å². The molecule has 0 radical (unpaired) electrons. The molecule has 0 aromatic carbocycles. The van der Waals surface area contributed by atoms with Crippen LogP contribution in [0.15, 0.2) is 35.7 Å². The molecular weight excluding hydrogens is 382 g/mol. The van der Waals surface area contributed by atoms with Crippen LogP contribution in [0.5, 0.6) is 0 Å². The van der Waals surface area contributed by atoms with Crippen molar-refractivity contribution in [3.8, 4) is 0 Å². The fraction of sp³-hybridized carbons (Fsp3) is 0.591. The second kappa shape index (κ2) is 5.79. The van der Waals surface area contributed by atoms with Crippen LogP contribution >= 0.6 is 0 Å². The lowest BCUT2D eigenvalue weighted by molar-refractivity contribution is -0.181. The SMILES string of the molecule is C[C@@H]1C[C@H]2[C@@H]3C=C(F)C4=CC(=O)C=C[C@]4(C)[C@@]3(F)C(=O)C[C@]2(C)[C@@]1(O)C(=O)CO. The Hall–Kier alpha value is -1.99. The molecule has 7 atom stereocenters. The third kappa shape index (κ3) is 2.07. The van der Waals surface area contributed by atoms with Gasteiger partial charge < -0.3 is 10.2 Å². The Balaban J connectivity index is 1.94. The van der Waals surface area contributed by atoms with Crippen molar-refractivity contribution in [1.82, 2.24) is 0 Å². The maximum Gasteiger partial charge on any atom is 0.190 e. The molecule has 29 heavy (non-hydrogen) atoms. The van der Waals surface area contributed by atoms with Crippen LogP contribution in [0.25, 0.3) is 0 Å². The minimum atomic E-state index is -2.51. The number of fused-ring (bicyclic) bond motifs is 5. The number of Topliss-reactive ketones (excluding diaryl/α,β-unsaturated/α-hetero) is 2. The van der Waals surface area contributed by atoms with Gasteiger partial charge in [0, 0.05) is 23.3 Å². The molecule has 0 bridgehead atoms. The van der Waals surface area contributed by atoms with Crippen LogP contribution in [-0.4, -0.2) is 45.4 Å². The van der Waals surface area contributed by atoms with Gasteiger partial charge in [-0.25, -0.2) is 8.78 Å². The predicted molar refractivity (Wildman–Crippen MR) is 98.9 cm³/mol. The second-order valence-electron chi connectivity index (χ2n) is 9.36. The fourth-order valence-electron chi connectivity index (χ4n) is 6.53. The third-order valence-corrected chi connectivity index (χ3v) is 8.17. The number of carbonyl (C=O) groups is 3. The van der Waals surface area contributed by atoms with Crippen LogP contribution in [0.3, 0.4) is 0 Å². The average Bonchev–Trinajstić information content (AvgIpc) is 2.86. The van der Waals surface area contributed by atoms with Gasteiger partial charge in [-0.3, -0.25) is 14.4 Å². The van der Waals surface area contributed by atoms with E-state index in [1.54, 1.807) is 13.8 Å². The molecule has 2 saturated carbocycles. The Bertz CT molecular complexity index is 935. The molecule has 156 valence electrons. The van der Waals surface area contributed by atoms with Crippen molar-refractivity contribution in [2.24, 2.45) is 28.6 Å². The van der Waals surface area contributed by atoms with Crippen LogP contribution in [-0.2, 0) is 14.4 Å². The molecule has 2 N–H and O–H groups in total. The van der Waals surface area contributed by atoms with Gasteiger partial charge >= 0.3 is 0 Å². The van der Waals surface area contributed by atoms with Gasteiger partial charge in [0.15, 0.2) is 23.0 Å². The highest BCUT2D eigenvalue weighted by molar-refractivity contribution is 6.03. The topological polar surface area (TPSA) is 91.7 Å². The van der Waals surface area contributed by atoms with Gasteiger partial charge in [0.1, 0.15) is 18.0 Å². The zero-order valence-corrected chi connectivity index (χ0v) is 16.5. The highest BCUT2D eigenvalue weighted by atomic mass is 19.1. The number of carbonyl (C=O) groups excluding carboxylic acids is 3. The average molecular weight is 406 g/mol. The van der Waals surface area contributed by atoms with E-state index in [2.05, 4.69) is 0 Å². The van der Waals surface area contributed by atoms with Crippen LogP contribution in [0.1, 0.15) is 33.6 Å². The number of ketones is 3. The first kappa shape index (κ1) is 20.3. The van der Waals surface area contributed by atoms with Crippen LogP contribution in [0.2, 0.25) is 0 Å². The Labute approximate surface area is 167 Å². The summed E-state index contributed by atoms with van der Waals surface area (Å²) in [5.41, 5.74) is -7.68. The summed E-state index contributed by atoms with van der Waals surface area (Å²) in [7, 11) is 0. The molecule has 0 aromatic heterocycles. The summed E-state index contributed by atoms with van der Waals surface area (Å²) >= 11 is 0. The van der Waals surface area contributed by atoms with E-state index >= 15 is 8.78 Å². The zero-order chi connectivity index (χ0) is 21.6. The van der Waals surface area contributed by atoms with Gasteiger partial charge in [-0.2, -0.15) is 0 Å². The monoisotopic (exact) mass is 406 g/mol. The summed E-state index contributed by atoms with van der Waals surface area (Å²) < 4.78 is 31.8. The number of rotatable bonds is 2. The van der Waals surface area contributed by atoms with Gasteiger partial charge in [0.25, 0.3) is 0 Å². The lowest BCUT2D eigenvalue weighted by Gasteiger charge is -2.57. The summed E-state index contributed by atoms with van der Waals surface area (Å²) in [6.45, 7) is 3.68. The fourth-order valence-corrected chi connectivity index (χ4v) is 6.53. The normalized spacial score (nSPS) is 48.4. The van der Waals surface area contributed by atoms with Gasteiger partial charge in [-0.1, -0.05) is 19.9 Å². The smallest absolute Gasteiger partial charge is 0.190 e. The molecule has 4 rings (SSSR count). The molecule has 0 aromatic rings. The van der Waals surface area contributed by atoms with Crippen molar-refractivity contribution in [1.29, 1.82) is 0 Å². The van der Waals surface area contributed by atoms with E-state index in [1.165, 1.54) is 13.0 Å². The summed E-state index contributed by atoms with van der Waals surface area (Å²) in [5, 5.41) is 20.7. The van der Waals surface area contributed by atoms with Gasteiger partial charge in [-0.05, 0) is 43.4 Å². The third-order valence-electron chi connectivity index (χ3n) is 8.17. The van der Waals surface area contributed by atoms with Crippen LogP contribution in [0.4, 0.5) is 8.78 Å². The molecule has 0 aliphatic heterocycles. The van der Waals surface area contributed by atoms with E-state index in [0.29, 0.717) is 0 Å². The summed E-state index contributed by atoms with van der Waals surface area (Å²) in [6, 6.07) is 0. The number of alkyl halides is 1. The maximum atomic E-state index is 16.7. The minimum Gasteiger partial charge on any atom is -0.388 e. The van der Waals surface area contributed by atoms with Crippen molar-refractivity contribution in [3.05, 3.63) is 35.7 Å². The molecule has 4 aliphatic carbocycles. The molecule has 0 amide bonds. The van der Waals surface area contributed by atoms with Gasteiger partial charge in [0.2, 0.25) is 0 Å². The van der Waals surface area contributed by atoms with Crippen LogP contribution < -0.4 is 0 Å². The Morgan fingerprint density at radius 3 is 2.59 bits per heavy atom. The molecule has 0 heterocycles. The standard InChI is InChI=1S/C22H24F2O5/c1-11-6-13-14-8-16(23)15-7-12(26)4-5-19(15,2)21(14,24)17(27)9-20(13,3)22(11,29)18(28)10-25/h4-5,7-8,11,13-14,25,29H,6,9-10H2,1-3H3/t11-,13+,14+,19+,20+,21+,22+/m1/s1. The van der Waals surface area contributed by atoms with E-state index in [4.69, 9.17) is 0 Å². The Morgan fingerprint density at radius 2 is 1.97 bits per heavy atom. The van der Waals surface area contributed by atoms with Crippen molar-refractivity contribution in [2.75, 3.05) is 6.61 Å². The van der Waals surface area contributed by atoms with Crippen molar-refractivity contribution in [2.45, 2.75) is 44.9 Å². The Kier molecular flexibility index (Phi) is 4.05. The molecule has 2 fully saturated rings. The molecule has 5 nitrogen and oxygen atoms in total. The summed E-state index contributed by atoms with van der Waals surface area (Å²) in [5.74, 6) is -5.45. The van der Waals surface area contributed by atoms with E-state index in [1.807, 2.05) is 0 Å². The van der Waals surface area contributed by atoms with Gasteiger partial charge in [0.05, 0.1) is 5.41 Å². The van der Waals surface area contributed by atoms with E-state index in [9.17, 15) is 24.6 Å². The second-order valence-corrected chi connectivity index (χ2v) is 9.36. The number of aliphatic hydroxyl groups is 2. The largest absolute Gasteiger partial charge is 0.388 e. The minimum absolute atomic E-state index is 0.159. The number of hydrogen-bond donors (Lipinski definition) is 2. The zero-order valence-electron chi connectivity index (χ0n) is 16.5. The molecule has 0 saturated heterocycles. The summed E-state index contributed by atoms with van der Waals surface area (Å²) in [6.07, 6.45) is 4.25. The van der Waals surface area contributed by atoms with Crippen LogP contribution in [0, 0.1) is 28.6 Å². The number of halogens is 2. The number of allylic oxidation sites excluding steroid dienone is 6. The number of hydrogen-bond acceptors (Lipinski definition) is 5. The molecule has 7 heteroatoms. The maximum absolute atomic E-state index is 16.7. The first-order chi connectivity index (χ1) is 13.4. The summed E-state index contributed by atoms with van der Waals surface area (Å²) in [4.78, 5) is 37.5. The highest BCUT2D eigenvalue weighted by Gasteiger charge is 2.75.